The van der Waals surface area contributed by atoms with Gasteiger partial charge in [0.2, 0.25) is 5.91 Å². The molecule has 4 heteroatoms. The molecule has 0 radical (unpaired) electrons. The summed E-state index contributed by atoms with van der Waals surface area (Å²) in [6.07, 6.45) is 0.511. The zero-order chi connectivity index (χ0) is 16.5. The molecule has 22 heavy (non-hydrogen) atoms. The van der Waals surface area contributed by atoms with E-state index in [4.69, 9.17) is 4.74 Å². The summed E-state index contributed by atoms with van der Waals surface area (Å²) >= 11 is 0. The number of carbonyl (C=O) groups excluding carboxylic acids is 1. The Hall–Kier alpha value is -1.55. The van der Waals surface area contributed by atoms with Crippen LogP contribution in [0.3, 0.4) is 0 Å². The van der Waals surface area contributed by atoms with Crippen LogP contribution < -0.4 is 10.1 Å². The van der Waals surface area contributed by atoms with E-state index in [2.05, 4.69) is 37.9 Å². The molecule has 1 amide bonds. The molecular weight excluding hydrogens is 276 g/mol. The van der Waals surface area contributed by atoms with Crippen molar-refractivity contribution in [3.63, 3.8) is 0 Å². The van der Waals surface area contributed by atoms with E-state index in [0.29, 0.717) is 19.0 Å². The third-order valence-corrected chi connectivity index (χ3v) is 4.21. The van der Waals surface area contributed by atoms with Gasteiger partial charge in [0, 0.05) is 19.0 Å². The maximum Gasteiger partial charge on any atom is 0.220 e. The van der Waals surface area contributed by atoms with Crippen molar-refractivity contribution in [3.05, 3.63) is 29.8 Å². The Kier molecular flexibility index (Phi) is 7.96. The van der Waals surface area contributed by atoms with Gasteiger partial charge in [0.1, 0.15) is 5.75 Å². The molecule has 0 aliphatic heterocycles. The number of hydrogen-bond donors (Lipinski definition) is 1. The normalized spacial score (nSPS) is 13.7. The maximum absolute atomic E-state index is 12.1. The van der Waals surface area contributed by atoms with E-state index in [1.54, 1.807) is 7.11 Å². The number of amides is 1. The quantitative estimate of drug-likeness (QED) is 0.762. The van der Waals surface area contributed by atoms with E-state index >= 15 is 0 Å². The van der Waals surface area contributed by atoms with Crippen LogP contribution in [0, 0.1) is 0 Å². The van der Waals surface area contributed by atoms with E-state index in [-0.39, 0.29) is 11.8 Å². The van der Waals surface area contributed by atoms with Crippen molar-refractivity contribution in [1.29, 1.82) is 0 Å². The molecule has 1 rings (SSSR count). The van der Waals surface area contributed by atoms with Crippen molar-refractivity contribution in [3.8, 4) is 5.75 Å². The highest BCUT2D eigenvalue weighted by Gasteiger charge is 2.14. The first kappa shape index (κ1) is 18.5. The number of likely N-dealkylation sites (N-methyl/N-ethyl adjacent to an activating group) is 1. The number of rotatable bonds is 9. The van der Waals surface area contributed by atoms with E-state index in [0.717, 1.165) is 24.4 Å². The molecule has 1 aromatic rings. The molecule has 0 bridgehead atoms. The molecule has 0 saturated heterocycles. The average Bonchev–Trinajstić information content (AvgIpc) is 2.54. The second kappa shape index (κ2) is 9.46. The summed E-state index contributed by atoms with van der Waals surface area (Å²) in [5.74, 6) is 1.16. The van der Waals surface area contributed by atoms with Crippen LogP contribution in [0.2, 0.25) is 0 Å². The van der Waals surface area contributed by atoms with Crippen LogP contribution in [0.15, 0.2) is 24.3 Å². The van der Waals surface area contributed by atoms with E-state index in [9.17, 15) is 4.79 Å². The molecule has 0 spiro atoms. The molecule has 1 N–H and O–H groups in total. The van der Waals surface area contributed by atoms with Crippen LogP contribution in [0.1, 0.15) is 45.6 Å². The molecule has 2 atom stereocenters. The number of benzene rings is 1. The molecular formula is C18H30N2O2. The molecule has 0 saturated carbocycles. The Morgan fingerprint density at radius 3 is 2.27 bits per heavy atom. The lowest BCUT2D eigenvalue weighted by atomic mass is 9.97. The molecule has 2 unspecified atom stereocenters. The van der Waals surface area contributed by atoms with Gasteiger partial charge in [-0.3, -0.25) is 9.69 Å². The second-order valence-electron chi connectivity index (χ2n) is 5.75. The van der Waals surface area contributed by atoms with Crippen molar-refractivity contribution in [1.82, 2.24) is 10.2 Å². The van der Waals surface area contributed by atoms with Gasteiger partial charge in [0.05, 0.1) is 7.11 Å². The van der Waals surface area contributed by atoms with Gasteiger partial charge in [-0.1, -0.05) is 32.9 Å². The summed E-state index contributed by atoms with van der Waals surface area (Å²) in [4.78, 5) is 14.4. The smallest absolute Gasteiger partial charge is 0.220 e. The van der Waals surface area contributed by atoms with Crippen LogP contribution in [0.4, 0.5) is 0 Å². The zero-order valence-electron chi connectivity index (χ0n) is 14.6. The predicted molar refractivity (Wildman–Crippen MR) is 91.4 cm³/mol. The highest BCUT2D eigenvalue weighted by molar-refractivity contribution is 5.76. The summed E-state index contributed by atoms with van der Waals surface area (Å²) in [7, 11) is 1.66. The molecule has 0 aliphatic carbocycles. The van der Waals surface area contributed by atoms with Crippen molar-refractivity contribution in [2.45, 2.75) is 46.1 Å². The van der Waals surface area contributed by atoms with Crippen LogP contribution in [-0.4, -0.2) is 43.6 Å². The lowest BCUT2D eigenvalue weighted by Gasteiger charge is -2.26. The topological polar surface area (TPSA) is 41.6 Å². The lowest BCUT2D eigenvalue weighted by molar-refractivity contribution is -0.121. The van der Waals surface area contributed by atoms with Gasteiger partial charge in [-0.2, -0.15) is 0 Å². The second-order valence-corrected chi connectivity index (χ2v) is 5.75. The number of methoxy groups -OCH3 is 1. The number of hydrogen-bond acceptors (Lipinski definition) is 3. The van der Waals surface area contributed by atoms with Gasteiger partial charge in [0.25, 0.3) is 0 Å². The summed E-state index contributed by atoms with van der Waals surface area (Å²) < 4.78 is 5.15. The van der Waals surface area contributed by atoms with E-state index < -0.39 is 0 Å². The summed E-state index contributed by atoms with van der Waals surface area (Å²) in [6, 6.07) is 8.29. The third-order valence-electron chi connectivity index (χ3n) is 4.21. The fourth-order valence-corrected chi connectivity index (χ4v) is 2.64. The number of nitrogens with zero attached hydrogens (tertiary/aromatic N) is 1. The largest absolute Gasteiger partial charge is 0.497 e. The average molecular weight is 306 g/mol. The standard InChI is InChI=1S/C18H30N2O2/c1-6-20(7-2)15(4)13-19-18(21)12-14(3)16-8-10-17(22-5)11-9-16/h8-11,14-15H,6-7,12-13H2,1-5H3,(H,19,21). The van der Waals surface area contributed by atoms with Crippen LogP contribution in [0.5, 0.6) is 5.75 Å². The number of carbonyl (C=O) groups is 1. The first-order valence-electron chi connectivity index (χ1n) is 8.16. The Labute approximate surface area is 134 Å². The third kappa shape index (κ3) is 5.68. The Morgan fingerprint density at radius 2 is 1.77 bits per heavy atom. The summed E-state index contributed by atoms with van der Waals surface area (Å²) in [5, 5.41) is 3.05. The van der Waals surface area contributed by atoms with Gasteiger partial charge >= 0.3 is 0 Å². The highest BCUT2D eigenvalue weighted by Crippen LogP contribution is 2.21. The van der Waals surface area contributed by atoms with E-state index in [1.807, 2.05) is 24.3 Å². The number of nitrogens with one attached hydrogen (secondary N) is 1. The Morgan fingerprint density at radius 1 is 1.18 bits per heavy atom. The minimum Gasteiger partial charge on any atom is -0.497 e. The minimum absolute atomic E-state index is 0.113. The van der Waals surface area contributed by atoms with Crippen LogP contribution in [0.25, 0.3) is 0 Å². The molecule has 0 fully saturated rings. The van der Waals surface area contributed by atoms with Gasteiger partial charge in [-0.15, -0.1) is 0 Å². The highest BCUT2D eigenvalue weighted by atomic mass is 16.5. The first-order chi connectivity index (χ1) is 10.5. The molecule has 1 aromatic carbocycles. The molecule has 4 nitrogen and oxygen atoms in total. The summed E-state index contributed by atoms with van der Waals surface area (Å²) in [6.45, 7) is 11.2. The van der Waals surface area contributed by atoms with Crippen molar-refractivity contribution < 1.29 is 9.53 Å². The zero-order valence-corrected chi connectivity index (χ0v) is 14.6. The monoisotopic (exact) mass is 306 g/mol. The van der Waals surface area contributed by atoms with Crippen LogP contribution >= 0.6 is 0 Å². The van der Waals surface area contributed by atoms with Gasteiger partial charge in [-0.25, -0.2) is 0 Å². The van der Waals surface area contributed by atoms with Gasteiger partial charge < -0.3 is 10.1 Å². The van der Waals surface area contributed by atoms with Crippen molar-refractivity contribution in [2.24, 2.45) is 0 Å². The fourth-order valence-electron chi connectivity index (χ4n) is 2.64. The van der Waals surface area contributed by atoms with Gasteiger partial charge in [0.15, 0.2) is 0 Å². The van der Waals surface area contributed by atoms with Gasteiger partial charge in [-0.05, 0) is 43.6 Å². The van der Waals surface area contributed by atoms with Crippen LogP contribution in [-0.2, 0) is 4.79 Å². The molecule has 0 aliphatic rings. The van der Waals surface area contributed by atoms with E-state index in [1.165, 1.54) is 0 Å². The summed E-state index contributed by atoms with van der Waals surface area (Å²) in [5.41, 5.74) is 1.16. The first-order valence-corrected chi connectivity index (χ1v) is 8.16. The number of ether oxygens (including phenoxy) is 1. The maximum atomic E-state index is 12.1. The molecule has 124 valence electrons. The van der Waals surface area contributed by atoms with Crippen molar-refractivity contribution in [2.75, 3.05) is 26.7 Å². The van der Waals surface area contributed by atoms with Crippen molar-refractivity contribution >= 4 is 5.91 Å². The SMILES string of the molecule is CCN(CC)C(C)CNC(=O)CC(C)c1ccc(OC)cc1. The lowest BCUT2D eigenvalue weighted by Crippen LogP contribution is -2.42. The molecule has 0 aromatic heterocycles. The fraction of sp³-hybridized carbons (Fsp3) is 0.611. The Balaban J connectivity index is 2.43. The predicted octanol–water partition coefficient (Wildman–Crippen LogP) is 3.04. The molecule has 0 heterocycles. The Bertz CT molecular complexity index is 441. The minimum atomic E-state index is 0.113.